The standard InChI is InChI=1S/C12H14ClN/c1-10(9-14)5-6-11-3-2-4-12(7-11)8-13/h2-4,7,10H,5-6,8H2,1H3. The second-order valence-electron chi connectivity index (χ2n) is 3.52. The average molecular weight is 208 g/mol. The van der Waals surface area contributed by atoms with Crippen LogP contribution in [0.25, 0.3) is 0 Å². The Kier molecular flexibility index (Phi) is 4.49. The number of aryl methyl sites for hydroxylation is 1. The summed E-state index contributed by atoms with van der Waals surface area (Å²) in [5.41, 5.74) is 2.42. The molecule has 1 aromatic carbocycles. The van der Waals surface area contributed by atoms with Crippen LogP contribution in [0.15, 0.2) is 24.3 Å². The fourth-order valence-corrected chi connectivity index (χ4v) is 1.48. The third kappa shape index (κ3) is 3.40. The van der Waals surface area contributed by atoms with Crippen molar-refractivity contribution in [3.63, 3.8) is 0 Å². The molecule has 0 radical (unpaired) electrons. The summed E-state index contributed by atoms with van der Waals surface area (Å²) in [6.45, 7) is 1.95. The van der Waals surface area contributed by atoms with Gasteiger partial charge in [-0.3, -0.25) is 0 Å². The molecule has 0 spiro atoms. The van der Waals surface area contributed by atoms with Crippen LogP contribution in [0.1, 0.15) is 24.5 Å². The highest BCUT2D eigenvalue weighted by Gasteiger charge is 2.00. The number of nitriles is 1. The summed E-state index contributed by atoms with van der Waals surface area (Å²) in [4.78, 5) is 0. The minimum atomic E-state index is 0.134. The summed E-state index contributed by atoms with van der Waals surface area (Å²) in [7, 11) is 0. The van der Waals surface area contributed by atoms with Crippen molar-refractivity contribution >= 4 is 11.6 Å². The molecule has 0 bridgehead atoms. The molecule has 1 rings (SSSR count). The van der Waals surface area contributed by atoms with E-state index in [-0.39, 0.29) is 5.92 Å². The summed E-state index contributed by atoms with van der Waals surface area (Å²) in [5.74, 6) is 0.691. The molecule has 74 valence electrons. The second kappa shape index (κ2) is 5.67. The smallest absolute Gasteiger partial charge is 0.0652 e. The van der Waals surface area contributed by atoms with Gasteiger partial charge in [-0.15, -0.1) is 11.6 Å². The lowest BCUT2D eigenvalue weighted by atomic mass is 10.0. The highest BCUT2D eigenvalue weighted by molar-refractivity contribution is 6.17. The van der Waals surface area contributed by atoms with E-state index >= 15 is 0 Å². The summed E-state index contributed by atoms with van der Waals surface area (Å²) in [6.07, 6.45) is 1.88. The number of nitrogens with zero attached hydrogens (tertiary/aromatic N) is 1. The van der Waals surface area contributed by atoms with E-state index in [4.69, 9.17) is 16.9 Å². The molecule has 0 aliphatic rings. The first-order valence-electron chi connectivity index (χ1n) is 4.79. The molecule has 1 aromatic rings. The first-order chi connectivity index (χ1) is 6.76. The van der Waals surface area contributed by atoms with Crippen molar-refractivity contribution in [2.24, 2.45) is 5.92 Å². The van der Waals surface area contributed by atoms with Crippen molar-refractivity contribution in [1.29, 1.82) is 5.26 Å². The number of hydrogen-bond donors (Lipinski definition) is 0. The van der Waals surface area contributed by atoms with Crippen LogP contribution in [0.3, 0.4) is 0 Å². The van der Waals surface area contributed by atoms with Gasteiger partial charge in [-0.2, -0.15) is 5.26 Å². The lowest BCUT2D eigenvalue weighted by molar-refractivity contribution is 0.660. The Hall–Kier alpha value is -1.00. The maximum Gasteiger partial charge on any atom is 0.0652 e. The minimum absolute atomic E-state index is 0.134. The molecule has 0 aliphatic carbocycles. The third-order valence-corrected chi connectivity index (χ3v) is 2.54. The lowest BCUT2D eigenvalue weighted by Gasteiger charge is -2.04. The van der Waals surface area contributed by atoms with Gasteiger partial charge in [-0.05, 0) is 30.9 Å². The van der Waals surface area contributed by atoms with Crippen molar-refractivity contribution in [3.8, 4) is 6.07 Å². The molecule has 14 heavy (non-hydrogen) atoms. The number of benzene rings is 1. The van der Waals surface area contributed by atoms with E-state index < -0.39 is 0 Å². The molecule has 0 heterocycles. The quantitative estimate of drug-likeness (QED) is 0.694. The average Bonchev–Trinajstić information content (AvgIpc) is 2.26. The predicted octanol–water partition coefficient (Wildman–Crippen LogP) is 3.52. The molecule has 0 aliphatic heterocycles. The van der Waals surface area contributed by atoms with Crippen molar-refractivity contribution in [3.05, 3.63) is 35.4 Å². The summed E-state index contributed by atoms with van der Waals surface area (Å²) in [5, 5.41) is 8.64. The van der Waals surface area contributed by atoms with Crippen molar-refractivity contribution in [1.82, 2.24) is 0 Å². The summed E-state index contributed by atoms with van der Waals surface area (Å²) >= 11 is 5.74. The molecule has 0 aromatic heterocycles. The predicted molar refractivity (Wildman–Crippen MR) is 59.1 cm³/mol. The maximum absolute atomic E-state index is 8.64. The van der Waals surface area contributed by atoms with Crippen LogP contribution in [0.2, 0.25) is 0 Å². The zero-order chi connectivity index (χ0) is 10.4. The number of halogens is 1. The zero-order valence-corrected chi connectivity index (χ0v) is 9.09. The molecular formula is C12H14ClN. The highest BCUT2D eigenvalue weighted by atomic mass is 35.5. The van der Waals surface area contributed by atoms with Crippen LogP contribution in [0, 0.1) is 17.2 Å². The Labute approximate surface area is 90.3 Å². The second-order valence-corrected chi connectivity index (χ2v) is 3.79. The molecule has 0 amide bonds. The van der Waals surface area contributed by atoms with Gasteiger partial charge in [0.25, 0.3) is 0 Å². The molecule has 2 heteroatoms. The molecule has 0 N–H and O–H groups in total. The molecule has 0 saturated heterocycles. The Bertz CT molecular complexity index is 327. The summed E-state index contributed by atoms with van der Waals surface area (Å²) in [6, 6.07) is 10.5. The molecule has 1 unspecified atom stereocenters. The number of alkyl halides is 1. The number of rotatable bonds is 4. The molecule has 0 saturated carbocycles. The van der Waals surface area contributed by atoms with E-state index in [1.54, 1.807) is 0 Å². The van der Waals surface area contributed by atoms with Gasteiger partial charge in [0, 0.05) is 11.8 Å². The molecule has 0 fully saturated rings. The van der Waals surface area contributed by atoms with E-state index in [2.05, 4.69) is 18.2 Å². The number of hydrogen-bond acceptors (Lipinski definition) is 1. The molecule has 1 nitrogen and oxygen atoms in total. The topological polar surface area (TPSA) is 23.8 Å². The molecule has 1 atom stereocenters. The largest absolute Gasteiger partial charge is 0.198 e. The van der Waals surface area contributed by atoms with Crippen LogP contribution in [0.4, 0.5) is 0 Å². The van der Waals surface area contributed by atoms with Gasteiger partial charge >= 0.3 is 0 Å². The van der Waals surface area contributed by atoms with Crippen LogP contribution >= 0.6 is 11.6 Å². The van der Waals surface area contributed by atoms with Gasteiger partial charge in [0.1, 0.15) is 0 Å². The van der Waals surface area contributed by atoms with E-state index in [0.717, 1.165) is 18.4 Å². The van der Waals surface area contributed by atoms with Crippen LogP contribution < -0.4 is 0 Å². The Balaban J connectivity index is 2.55. The highest BCUT2D eigenvalue weighted by Crippen LogP contribution is 2.12. The molecular weight excluding hydrogens is 194 g/mol. The first-order valence-corrected chi connectivity index (χ1v) is 5.33. The van der Waals surface area contributed by atoms with E-state index in [1.165, 1.54) is 5.56 Å². The van der Waals surface area contributed by atoms with Crippen LogP contribution in [-0.2, 0) is 12.3 Å². The lowest BCUT2D eigenvalue weighted by Crippen LogP contribution is -1.94. The SMILES string of the molecule is CC(C#N)CCc1cccc(CCl)c1. The van der Waals surface area contributed by atoms with Gasteiger partial charge < -0.3 is 0 Å². The minimum Gasteiger partial charge on any atom is -0.198 e. The third-order valence-electron chi connectivity index (χ3n) is 2.23. The van der Waals surface area contributed by atoms with Crippen molar-refractivity contribution in [2.75, 3.05) is 0 Å². The Morgan fingerprint density at radius 2 is 2.14 bits per heavy atom. The van der Waals surface area contributed by atoms with Crippen molar-refractivity contribution in [2.45, 2.75) is 25.6 Å². The van der Waals surface area contributed by atoms with Gasteiger partial charge in [0.15, 0.2) is 0 Å². The normalized spacial score (nSPS) is 12.1. The van der Waals surface area contributed by atoms with E-state index in [1.807, 2.05) is 19.1 Å². The zero-order valence-electron chi connectivity index (χ0n) is 8.33. The van der Waals surface area contributed by atoms with E-state index in [0.29, 0.717) is 5.88 Å². The van der Waals surface area contributed by atoms with Gasteiger partial charge in [-0.1, -0.05) is 24.3 Å². The van der Waals surface area contributed by atoms with Crippen LogP contribution in [0.5, 0.6) is 0 Å². The Morgan fingerprint density at radius 1 is 1.43 bits per heavy atom. The first kappa shape index (κ1) is 11.1. The monoisotopic (exact) mass is 207 g/mol. The summed E-state index contributed by atoms with van der Waals surface area (Å²) < 4.78 is 0. The van der Waals surface area contributed by atoms with Crippen molar-refractivity contribution < 1.29 is 0 Å². The van der Waals surface area contributed by atoms with Gasteiger partial charge in [0.05, 0.1) is 6.07 Å². The fraction of sp³-hybridized carbons (Fsp3) is 0.417. The van der Waals surface area contributed by atoms with Gasteiger partial charge in [0.2, 0.25) is 0 Å². The van der Waals surface area contributed by atoms with E-state index in [9.17, 15) is 0 Å². The van der Waals surface area contributed by atoms with Gasteiger partial charge in [-0.25, -0.2) is 0 Å². The van der Waals surface area contributed by atoms with Crippen LogP contribution in [-0.4, -0.2) is 0 Å². The fourth-order valence-electron chi connectivity index (χ4n) is 1.32. The maximum atomic E-state index is 8.64. The Morgan fingerprint density at radius 3 is 2.79 bits per heavy atom.